The van der Waals surface area contributed by atoms with Crippen LogP contribution in [0.25, 0.3) is 0 Å². The Labute approximate surface area is 232 Å². The number of halogens is 1. The zero-order valence-electron chi connectivity index (χ0n) is 22.6. The van der Waals surface area contributed by atoms with Crippen molar-refractivity contribution >= 4 is 39.6 Å². The second-order valence-corrected chi connectivity index (χ2v) is 11.9. The van der Waals surface area contributed by atoms with E-state index in [4.69, 9.17) is 9.47 Å². The first kappa shape index (κ1) is 30.3. The Hall–Kier alpha value is -2.24. The minimum Gasteiger partial charge on any atom is -0.460 e. The summed E-state index contributed by atoms with van der Waals surface area (Å²) in [6.07, 6.45) is 3.19. The van der Waals surface area contributed by atoms with Gasteiger partial charge in [-0.2, -0.15) is 0 Å². The summed E-state index contributed by atoms with van der Waals surface area (Å²) in [5, 5.41) is 12.7. The van der Waals surface area contributed by atoms with Crippen molar-refractivity contribution in [2.75, 3.05) is 19.7 Å². The number of esters is 1. The summed E-state index contributed by atoms with van der Waals surface area (Å²) in [7, 11) is 0. The Morgan fingerprint density at radius 3 is 2.55 bits per heavy atom. The maximum atomic E-state index is 14.0. The van der Waals surface area contributed by atoms with Gasteiger partial charge >= 0.3 is 5.97 Å². The normalized spacial score (nSPS) is 31.1. The highest BCUT2D eigenvalue weighted by atomic mass is 79.9. The molecule has 38 heavy (non-hydrogen) atoms. The molecule has 1 spiro atoms. The van der Waals surface area contributed by atoms with Gasteiger partial charge in [0.25, 0.3) is 0 Å². The zero-order valence-corrected chi connectivity index (χ0v) is 24.2. The van der Waals surface area contributed by atoms with Crippen LogP contribution in [0.15, 0.2) is 25.3 Å². The maximum Gasteiger partial charge on any atom is 0.312 e. The van der Waals surface area contributed by atoms with Crippen molar-refractivity contribution in [1.29, 1.82) is 0 Å². The van der Waals surface area contributed by atoms with Crippen molar-refractivity contribution in [3.05, 3.63) is 25.3 Å². The number of hydrogen-bond donors (Lipinski definition) is 2. The molecule has 0 aromatic rings. The molecule has 8 atom stereocenters. The number of likely N-dealkylation sites (tertiary alicyclic amines) is 1. The van der Waals surface area contributed by atoms with Gasteiger partial charge in [-0.25, -0.2) is 0 Å². The van der Waals surface area contributed by atoms with Crippen LogP contribution in [0.3, 0.4) is 0 Å². The molecule has 3 saturated heterocycles. The van der Waals surface area contributed by atoms with Crippen molar-refractivity contribution in [2.45, 2.75) is 87.7 Å². The van der Waals surface area contributed by atoms with Gasteiger partial charge in [-0.1, -0.05) is 28.1 Å². The fourth-order valence-corrected chi connectivity index (χ4v) is 6.87. The molecule has 2 N–H and O–H groups in total. The summed E-state index contributed by atoms with van der Waals surface area (Å²) in [4.78, 5) is 56.1. The smallest absolute Gasteiger partial charge is 0.312 e. The first-order valence-corrected chi connectivity index (χ1v) is 14.1. The van der Waals surface area contributed by atoms with Gasteiger partial charge in [0.1, 0.15) is 17.7 Å². The summed E-state index contributed by atoms with van der Waals surface area (Å²) < 4.78 is 12.1. The van der Waals surface area contributed by atoms with Gasteiger partial charge in [-0.05, 0) is 40.5 Å². The van der Waals surface area contributed by atoms with Crippen LogP contribution in [0.4, 0.5) is 0 Å². The molecule has 3 rings (SSSR count). The molecule has 10 nitrogen and oxygen atoms in total. The highest BCUT2D eigenvalue weighted by Gasteiger charge is 2.77. The predicted octanol–water partition coefficient (Wildman–Crippen LogP) is 1.55. The fraction of sp³-hybridized carbons (Fsp3) is 0.704. The number of nitrogens with one attached hydrogen (secondary N) is 1. The maximum absolute atomic E-state index is 14.0. The molecule has 0 saturated carbocycles. The first-order chi connectivity index (χ1) is 17.9. The average molecular weight is 599 g/mol. The molecule has 11 heteroatoms. The number of allylic oxidation sites excluding steroid dienone is 1. The molecule has 0 aliphatic carbocycles. The summed E-state index contributed by atoms with van der Waals surface area (Å²) in [5.41, 5.74) is -1.24. The van der Waals surface area contributed by atoms with E-state index in [1.165, 1.54) is 4.90 Å². The third-order valence-electron chi connectivity index (χ3n) is 7.68. The number of amides is 3. The lowest BCUT2D eigenvalue weighted by molar-refractivity contribution is -0.160. The van der Waals surface area contributed by atoms with Crippen LogP contribution >= 0.6 is 15.9 Å². The highest BCUT2D eigenvalue weighted by Crippen LogP contribution is 2.60. The van der Waals surface area contributed by atoms with Crippen LogP contribution in [-0.4, -0.2) is 99.1 Å². The van der Waals surface area contributed by atoms with Crippen LogP contribution in [0, 0.1) is 11.8 Å². The van der Waals surface area contributed by atoms with Gasteiger partial charge in [-0.15, -0.1) is 13.2 Å². The quantitative estimate of drug-likeness (QED) is 0.187. The van der Waals surface area contributed by atoms with Crippen molar-refractivity contribution in [1.82, 2.24) is 15.1 Å². The van der Waals surface area contributed by atoms with E-state index < -0.39 is 53.6 Å². The average Bonchev–Trinajstić information content (AvgIpc) is 3.46. The van der Waals surface area contributed by atoms with E-state index in [1.807, 2.05) is 13.8 Å². The van der Waals surface area contributed by atoms with E-state index in [2.05, 4.69) is 34.4 Å². The second kappa shape index (κ2) is 12.3. The van der Waals surface area contributed by atoms with Crippen LogP contribution in [0.2, 0.25) is 0 Å². The number of ether oxygens (including phenoxy) is 2. The van der Waals surface area contributed by atoms with Gasteiger partial charge in [0.2, 0.25) is 17.7 Å². The van der Waals surface area contributed by atoms with Crippen molar-refractivity contribution in [3.8, 4) is 0 Å². The Balaban J connectivity index is 1.89. The number of carbonyl (C=O) groups is 4. The zero-order chi connectivity index (χ0) is 28.4. The molecule has 3 heterocycles. The van der Waals surface area contributed by atoms with Gasteiger partial charge in [-0.3, -0.25) is 19.2 Å². The van der Waals surface area contributed by atoms with E-state index in [9.17, 15) is 24.3 Å². The number of nitrogens with zero attached hydrogens (tertiary/aromatic N) is 2. The van der Waals surface area contributed by atoms with Gasteiger partial charge in [0, 0.05) is 23.8 Å². The lowest BCUT2D eigenvalue weighted by Crippen LogP contribution is -2.59. The molecular formula is C27H40BrN3O7. The van der Waals surface area contributed by atoms with E-state index in [0.29, 0.717) is 19.3 Å². The summed E-state index contributed by atoms with van der Waals surface area (Å²) in [6, 6.07) is -1.83. The third-order valence-corrected chi connectivity index (χ3v) is 8.53. The lowest BCUT2D eigenvalue weighted by atomic mass is 9.70. The number of aliphatic hydroxyl groups is 1. The monoisotopic (exact) mass is 597 g/mol. The predicted molar refractivity (Wildman–Crippen MR) is 144 cm³/mol. The Morgan fingerprint density at radius 2 is 1.97 bits per heavy atom. The van der Waals surface area contributed by atoms with Gasteiger partial charge in [0.05, 0.1) is 37.1 Å². The van der Waals surface area contributed by atoms with Crippen LogP contribution < -0.4 is 5.32 Å². The van der Waals surface area contributed by atoms with Gasteiger partial charge in [0.15, 0.2) is 0 Å². The number of alkyl halides is 1. The van der Waals surface area contributed by atoms with Crippen LogP contribution in [0.1, 0.15) is 47.0 Å². The number of rotatable bonds is 13. The molecule has 3 amide bonds. The molecule has 212 valence electrons. The number of hydrogen-bond acceptors (Lipinski definition) is 7. The van der Waals surface area contributed by atoms with Crippen molar-refractivity contribution in [2.24, 2.45) is 11.8 Å². The molecule has 3 aliphatic rings. The summed E-state index contributed by atoms with van der Waals surface area (Å²) in [5.74, 6) is -3.35. The van der Waals surface area contributed by atoms with E-state index >= 15 is 0 Å². The second-order valence-electron chi connectivity index (χ2n) is 10.7. The third kappa shape index (κ3) is 5.42. The van der Waals surface area contributed by atoms with E-state index in [0.717, 1.165) is 0 Å². The number of fused-ring (bicyclic) bond motifs is 1. The minimum absolute atomic E-state index is 0.126. The molecule has 1 unspecified atom stereocenters. The Kier molecular flexibility index (Phi) is 9.81. The molecule has 0 aromatic carbocycles. The highest BCUT2D eigenvalue weighted by molar-refractivity contribution is 9.09. The largest absolute Gasteiger partial charge is 0.460 e. The number of aliphatic hydroxyl groups excluding tert-OH is 1. The molecule has 3 fully saturated rings. The van der Waals surface area contributed by atoms with Crippen molar-refractivity contribution in [3.63, 3.8) is 0 Å². The SMILES string of the molecule is C=CCCC(=O)NC[C@@H](C)OC(=O)[C@@H]1[C@H]2O[C@@]3(CC2Br)[C@H](C(=O)N(CC=C)C(C)C)N([C@H](C)CO)C(=O)[C@@H]13. The molecule has 0 aromatic heterocycles. The van der Waals surface area contributed by atoms with E-state index in [1.54, 1.807) is 30.9 Å². The van der Waals surface area contributed by atoms with Gasteiger partial charge < -0.3 is 29.7 Å². The first-order valence-electron chi connectivity index (χ1n) is 13.2. The van der Waals surface area contributed by atoms with E-state index in [-0.39, 0.29) is 42.4 Å². The Bertz CT molecular complexity index is 959. The standard InChI is InChI=1S/C27H40BrN3O7/c1-7-9-10-19(33)29-13-17(6)37-26(36)20-21-24(34)31(16(5)14-32)23(25(35)30(11-8-2)15(3)4)27(21)12-18(28)22(20)38-27/h7-8,15-18,20-23,32H,1-2,9-14H2,3-6H3,(H,29,33)/t16-,17-,18?,20+,21-,22+,23+,27-/m1/s1. The van der Waals surface area contributed by atoms with Crippen molar-refractivity contribution < 1.29 is 33.8 Å². The van der Waals surface area contributed by atoms with Crippen LogP contribution in [0.5, 0.6) is 0 Å². The molecular weight excluding hydrogens is 558 g/mol. The lowest BCUT2D eigenvalue weighted by Gasteiger charge is -2.39. The molecule has 2 bridgehead atoms. The number of carbonyl (C=O) groups excluding carboxylic acids is 4. The fourth-order valence-electron chi connectivity index (χ4n) is 5.93. The summed E-state index contributed by atoms with van der Waals surface area (Å²) >= 11 is 3.62. The van der Waals surface area contributed by atoms with Crippen LogP contribution in [-0.2, 0) is 28.7 Å². The Morgan fingerprint density at radius 1 is 1.29 bits per heavy atom. The molecule has 0 radical (unpaired) electrons. The topological polar surface area (TPSA) is 125 Å². The molecule has 3 aliphatic heterocycles. The minimum atomic E-state index is -1.24. The summed E-state index contributed by atoms with van der Waals surface area (Å²) in [6.45, 7) is 14.5.